The Balaban J connectivity index is 1.21. The maximum absolute atomic E-state index is 15.8. The summed E-state index contributed by atoms with van der Waals surface area (Å²) in [5.41, 5.74) is -7.42. The minimum absolute atomic E-state index is 0.0347. The van der Waals surface area contributed by atoms with E-state index < -0.39 is 119 Å². The van der Waals surface area contributed by atoms with Gasteiger partial charge in [0, 0.05) is 37.7 Å². The minimum atomic E-state index is -2.47. The number of rotatable bonds is 26. The molecule has 448 valence electrons. The van der Waals surface area contributed by atoms with Crippen LogP contribution in [-0.2, 0) is 52.3 Å². The van der Waals surface area contributed by atoms with E-state index in [-0.39, 0.29) is 41.9 Å². The van der Waals surface area contributed by atoms with Crippen LogP contribution in [0.1, 0.15) is 171 Å². The zero-order valence-corrected chi connectivity index (χ0v) is 49.0. The van der Waals surface area contributed by atoms with Crippen molar-refractivity contribution in [3.05, 3.63) is 143 Å². The molecule has 0 radical (unpaired) electrons. The highest BCUT2D eigenvalue weighted by molar-refractivity contribution is 5.96. The molecule has 4 aliphatic rings. The Morgan fingerprint density at radius 1 is 0.747 bits per heavy atom. The first kappa shape index (κ1) is 63.6. The van der Waals surface area contributed by atoms with E-state index in [0.717, 1.165) is 65.2 Å². The van der Waals surface area contributed by atoms with E-state index in [0.29, 0.717) is 12.0 Å². The molecule has 83 heavy (non-hydrogen) atoms. The lowest BCUT2D eigenvalue weighted by Crippen LogP contribution is -2.82. The molecule has 11 atom stereocenters. The van der Waals surface area contributed by atoms with E-state index in [2.05, 4.69) is 36.5 Å². The van der Waals surface area contributed by atoms with Crippen LogP contribution in [-0.4, -0.2) is 113 Å². The van der Waals surface area contributed by atoms with Crippen molar-refractivity contribution in [2.75, 3.05) is 13.2 Å². The van der Waals surface area contributed by atoms with Crippen LogP contribution in [0.4, 0.5) is 4.79 Å². The maximum atomic E-state index is 15.8. The Labute approximate surface area is 487 Å². The van der Waals surface area contributed by atoms with Gasteiger partial charge in [0.05, 0.1) is 36.2 Å². The number of amides is 1. The van der Waals surface area contributed by atoms with Gasteiger partial charge in [-0.05, 0) is 93.3 Å². The Morgan fingerprint density at radius 2 is 1.34 bits per heavy atom. The Kier molecular flexibility index (Phi) is 21.9. The van der Waals surface area contributed by atoms with Crippen LogP contribution in [0.5, 0.6) is 0 Å². The summed E-state index contributed by atoms with van der Waals surface area (Å²) in [4.78, 5) is 100. The van der Waals surface area contributed by atoms with Gasteiger partial charge in [-0.1, -0.05) is 150 Å². The molecule has 17 heteroatoms. The van der Waals surface area contributed by atoms with Crippen LogP contribution >= 0.6 is 0 Å². The Morgan fingerprint density at radius 3 is 1.93 bits per heavy atom. The van der Waals surface area contributed by atoms with Gasteiger partial charge < -0.3 is 48.7 Å². The smallest absolute Gasteiger partial charge is 0.455 e. The van der Waals surface area contributed by atoms with Crippen molar-refractivity contribution in [1.29, 1.82) is 0 Å². The highest BCUT2D eigenvalue weighted by atomic mass is 16.7. The van der Waals surface area contributed by atoms with Gasteiger partial charge in [-0.15, -0.1) is 0 Å². The quantitative estimate of drug-likeness (QED) is 0.0293. The summed E-state index contributed by atoms with van der Waals surface area (Å²) >= 11 is 0. The van der Waals surface area contributed by atoms with E-state index in [9.17, 15) is 34.2 Å². The predicted molar refractivity (Wildman–Crippen MR) is 307 cm³/mol. The maximum Gasteiger partial charge on any atom is 0.509 e. The first-order chi connectivity index (χ1) is 39.7. The molecule has 3 aromatic carbocycles. The number of hydrogen-bond donors (Lipinski definition) is 3. The number of carbonyl (C=O) groups excluding carboxylic acids is 7. The second-order valence-corrected chi connectivity index (χ2v) is 23.1. The highest BCUT2D eigenvalue weighted by Crippen LogP contribution is 2.64. The number of nitrogens with one attached hydrogen (secondary N) is 1. The van der Waals surface area contributed by atoms with E-state index in [4.69, 9.17) is 33.2 Å². The first-order valence-corrected chi connectivity index (χ1v) is 29.4. The lowest BCUT2D eigenvalue weighted by Gasteiger charge is -2.67. The van der Waals surface area contributed by atoms with Gasteiger partial charge in [0.1, 0.15) is 30.0 Å². The standard InChI is InChI=1S/C66H83NO16/c1-8-9-10-11-12-13-14-15-16-17-18-19-20-21-22-32-39-77-62(75)81-55(53(46-33-26-23-27-34-46)67-59(72)47-35-28-24-29-36-47)61(74)80-49-41-66(76)58(82-60(73)48-37-30-25-31-38-48)56-64(7,50(70)40-51-65(56,42-78-51)83-45(4)69)57(71)54(79-44(3)68)52(43(49)2)63(66,5)6/h12-13,15-16,23-31,33-38,49-51,53-56,58,70,76H,8-11,14,17-22,32,39-42H2,1-7H3,(H,67,72)/b13-12-,16-15-/t49-,50-,51+,53-,54+,55+,56?,58-,64+,65-,66+/m0/s1. The number of allylic oxidation sites excluding steroid dienone is 4. The monoisotopic (exact) mass is 1150 g/mol. The Bertz CT molecular complexity index is 2830. The summed E-state index contributed by atoms with van der Waals surface area (Å²) in [6.07, 6.45) is 8.94. The number of carbonyl (C=O) groups is 7. The molecule has 3 aliphatic carbocycles. The molecule has 1 saturated heterocycles. The average molecular weight is 1150 g/mol. The van der Waals surface area contributed by atoms with Gasteiger partial charge in [-0.3, -0.25) is 19.2 Å². The van der Waals surface area contributed by atoms with Crippen LogP contribution in [0, 0.1) is 16.7 Å². The fourth-order valence-electron chi connectivity index (χ4n) is 12.7. The molecule has 17 nitrogen and oxygen atoms in total. The molecule has 1 unspecified atom stereocenters. The number of fused-ring (bicyclic) bond motifs is 5. The summed E-state index contributed by atoms with van der Waals surface area (Å²) in [7, 11) is 0. The van der Waals surface area contributed by atoms with Crippen LogP contribution in [0.3, 0.4) is 0 Å². The van der Waals surface area contributed by atoms with Gasteiger partial charge in [-0.25, -0.2) is 14.4 Å². The molecule has 0 aromatic heterocycles. The second kappa shape index (κ2) is 28.6. The van der Waals surface area contributed by atoms with Crippen LogP contribution in [0.15, 0.2) is 126 Å². The number of ether oxygens (including phenoxy) is 7. The van der Waals surface area contributed by atoms with E-state index in [1.54, 1.807) is 92.7 Å². The van der Waals surface area contributed by atoms with E-state index in [1.807, 2.05) is 0 Å². The third-order valence-corrected chi connectivity index (χ3v) is 17.2. The van der Waals surface area contributed by atoms with Crippen molar-refractivity contribution in [2.45, 2.75) is 192 Å². The number of esters is 4. The summed E-state index contributed by atoms with van der Waals surface area (Å²) < 4.78 is 42.6. The lowest BCUT2D eigenvalue weighted by atomic mass is 9.44. The molecule has 2 bridgehead atoms. The Hall–Kier alpha value is -6.95. The fourth-order valence-corrected chi connectivity index (χ4v) is 12.7. The van der Waals surface area contributed by atoms with Gasteiger partial charge in [0.25, 0.3) is 5.91 Å². The summed E-state index contributed by atoms with van der Waals surface area (Å²) in [6.45, 7) is 10.1. The summed E-state index contributed by atoms with van der Waals surface area (Å²) in [5, 5.41) is 29.2. The number of ketones is 1. The number of aliphatic hydroxyl groups excluding tert-OH is 1. The molecule has 7 rings (SSSR count). The molecular formula is C66H83NO16. The van der Waals surface area contributed by atoms with Gasteiger partial charge in [0.15, 0.2) is 17.5 Å². The number of benzene rings is 3. The zero-order valence-electron chi connectivity index (χ0n) is 49.0. The third kappa shape index (κ3) is 14.4. The third-order valence-electron chi connectivity index (χ3n) is 17.2. The molecule has 1 aliphatic heterocycles. The molecule has 3 aromatic rings. The van der Waals surface area contributed by atoms with Crippen LogP contribution < -0.4 is 5.32 Å². The van der Waals surface area contributed by atoms with Crippen molar-refractivity contribution in [3.63, 3.8) is 0 Å². The van der Waals surface area contributed by atoms with Crippen molar-refractivity contribution >= 4 is 41.7 Å². The molecule has 0 spiro atoms. The van der Waals surface area contributed by atoms with Crippen LogP contribution in [0.2, 0.25) is 0 Å². The second-order valence-electron chi connectivity index (χ2n) is 23.1. The normalized spacial score (nSPS) is 26.9. The SMILES string of the molecule is CCCCC/C=C\C/C=C\CCCCCCCCOC(=O)O[C@@H](C(=O)O[C@H]1C[C@@]2(O)[C@@H](OC(=O)c3ccccc3)C3[C@](C)(C(=O)[C@H](OC(C)=O)C(=C1C)C2(C)C)[C@@H](O)C[C@H]1OC[C@@]31OC(C)=O)[C@@H](NC(=O)c1ccccc1)c1ccccc1. The predicted octanol–water partition coefficient (Wildman–Crippen LogP) is 10.7. The van der Waals surface area contributed by atoms with Crippen molar-refractivity contribution in [3.8, 4) is 0 Å². The number of unbranched alkanes of at least 4 members (excludes halogenated alkanes) is 9. The van der Waals surface area contributed by atoms with Crippen molar-refractivity contribution < 1.29 is 76.9 Å². The average Bonchev–Trinajstić information content (AvgIpc) is 0.849. The largest absolute Gasteiger partial charge is 0.509 e. The number of aliphatic hydroxyl groups is 2. The van der Waals surface area contributed by atoms with Gasteiger partial charge in [0.2, 0.25) is 6.10 Å². The number of Topliss-reactive ketones (excluding diaryl/α,β-unsaturated/α-hetero) is 1. The van der Waals surface area contributed by atoms with Crippen molar-refractivity contribution in [2.24, 2.45) is 16.7 Å². The highest BCUT2D eigenvalue weighted by Gasteiger charge is 2.78. The summed E-state index contributed by atoms with van der Waals surface area (Å²) in [5.74, 6) is -7.01. The van der Waals surface area contributed by atoms with Crippen LogP contribution in [0.25, 0.3) is 0 Å². The molecule has 3 N–H and O–H groups in total. The first-order valence-electron chi connectivity index (χ1n) is 29.4. The van der Waals surface area contributed by atoms with Crippen molar-refractivity contribution in [1.82, 2.24) is 5.32 Å². The molecule has 1 heterocycles. The fraction of sp³-hybridized carbons (Fsp3) is 0.530. The molecule has 3 fully saturated rings. The van der Waals surface area contributed by atoms with E-state index >= 15 is 9.59 Å². The molecular weight excluding hydrogens is 1060 g/mol. The molecule has 1 amide bonds. The molecule has 2 saturated carbocycles. The lowest BCUT2D eigenvalue weighted by molar-refractivity contribution is -0.346. The summed E-state index contributed by atoms with van der Waals surface area (Å²) in [6, 6.07) is 22.9. The number of hydrogen-bond acceptors (Lipinski definition) is 16. The van der Waals surface area contributed by atoms with E-state index in [1.165, 1.54) is 45.2 Å². The minimum Gasteiger partial charge on any atom is -0.455 e. The topological polar surface area (TPSA) is 237 Å². The zero-order chi connectivity index (χ0) is 60.0. The van der Waals surface area contributed by atoms with Gasteiger partial charge in [-0.2, -0.15) is 0 Å². The van der Waals surface area contributed by atoms with Gasteiger partial charge >= 0.3 is 30.0 Å².